The minimum absolute atomic E-state index is 0.254. The van der Waals surface area contributed by atoms with Crippen molar-refractivity contribution >= 4 is 27.5 Å². The Bertz CT molecular complexity index is 201. The second-order valence-corrected chi connectivity index (χ2v) is 3.66. The maximum absolute atomic E-state index is 8.52. The Balaban J connectivity index is 2.49. The van der Waals surface area contributed by atoms with Gasteiger partial charge in [-0.15, -0.1) is 0 Å². The van der Waals surface area contributed by atoms with Gasteiger partial charge in [0.25, 0.3) is 0 Å². The third kappa shape index (κ3) is 2.04. The summed E-state index contributed by atoms with van der Waals surface area (Å²) in [6.07, 6.45) is 3.53. The molecule has 4 heteroatoms. The summed E-state index contributed by atoms with van der Waals surface area (Å²) in [6, 6.07) is 0. The van der Waals surface area contributed by atoms with Gasteiger partial charge >= 0.3 is 0 Å². The number of nitrogens with zero attached hydrogens (tertiary/aromatic N) is 1. The zero-order chi connectivity index (χ0) is 7.40. The highest BCUT2D eigenvalue weighted by Gasteiger charge is 2.00. The molecule has 56 valence electrons. The Labute approximate surface area is 72.2 Å². The molecule has 1 aromatic rings. The lowest BCUT2D eigenvalue weighted by Crippen LogP contribution is -1.85. The molecule has 1 rings (SSSR count). The van der Waals surface area contributed by atoms with E-state index < -0.39 is 0 Å². The monoisotopic (exact) mass is 221 g/mol. The molecule has 0 spiro atoms. The molecule has 0 aliphatic carbocycles. The lowest BCUT2D eigenvalue weighted by Gasteiger charge is -1.92. The van der Waals surface area contributed by atoms with E-state index in [1.807, 2.05) is 0 Å². The second-order valence-electron chi connectivity index (χ2n) is 1.92. The third-order valence-electron chi connectivity index (χ3n) is 1.16. The molecule has 2 nitrogen and oxygen atoms in total. The molecule has 0 fully saturated rings. The molecule has 10 heavy (non-hydrogen) atoms. The van der Waals surface area contributed by atoms with Crippen LogP contribution >= 0.6 is 27.5 Å². The Hall–Kier alpha value is 0.0700. The summed E-state index contributed by atoms with van der Waals surface area (Å²) in [5, 5.41) is 8.52. The molecular weight excluding hydrogens is 214 g/mol. The molecule has 0 saturated heterocycles. The van der Waals surface area contributed by atoms with Crippen molar-refractivity contribution in [2.24, 2.45) is 0 Å². The Morgan fingerprint density at radius 3 is 3.00 bits per heavy atom. The lowest BCUT2D eigenvalue weighted by molar-refractivity contribution is 0.289. The number of hydrogen-bond acceptors (Lipinski definition) is 3. The normalized spacial score (nSPS) is 10.2. The van der Waals surface area contributed by atoms with E-state index in [0.29, 0.717) is 0 Å². The standard InChI is InChI=1S/C6H8BrNOS/c7-5-4-8-10-6(5)2-1-3-9/h4,9H,1-3H2. The van der Waals surface area contributed by atoms with Gasteiger partial charge < -0.3 is 5.11 Å². The van der Waals surface area contributed by atoms with Gasteiger partial charge in [0.1, 0.15) is 0 Å². The van der Waals surface area contributed by atoms with E-state index >= 15 is 0 Å². The first-order chi connectivity index (χ1) is 4.84. The van der Waals surface area contributed by atoms with Crippen LogP contribution in [0.1, 0.15) is 11.3 Å². The highest BCUT2D eigenvalue weighted by Crippen LogP contribution is 2.20. The van der Waals surface area contributed by atoms with Gasteiger partial charge in [-0.2, -0.15) is 4.37 Å². The largest absolute Gasteiger partial charge is 0.396 e. The molecule has 1 N–H and O–H groups in total. The molecular formula is C6H8BrNOS. The van der Waals surface area contributed by atoms with Crippen LogP contribution < -0.4 is 0 Å². The van der Waals surface area contributed by atoms with Crippen LogP contribution in [-0.4, -0.2) is 16.1 Å². The Kier molecular flexibility index (Phi) is 3.31. The van der Waals surface area contributed by atoms with Crippen LogP contribution in [0.25, 0.3) is 0 Å². The van der Waals surface area contributed by atoms with Crippen LogP contribution in [0.4, 0.5) is 0 Å². The van der Waals surface area contributed by atoms with Crippen molar-refractivity contribution in [2.75, 3.05) is 6.61 Å². The summed E-state index contributed by atoms with van der Waals surface area (Å²) in [4.78, 5) is 1.22. The lowest BCUT2D eigenvalue weighted by atomic mass is 10.3. The van der Waals surface area contributed by atoms with Crippen molar-refractivity contribution in [3.05, 3.63) is 15.5 Å². The first kappa shape index (κ1) is 8.17. The SMILES string of the molecule is OCCCc1sncc1Br. The highest BCUT2D eigenvalue weighted by atomic mass is 79.9. The fourth-order valence-electron chi connectivity index (χ4n) is 0.657. The number of aromatic nitrogens is 1. The molecule has 0 atom stereocenters. The summed E-state index contributed by atoms with van der Waals surface area (Å²) in [6.45, 7) is 0.254. The average molecular weight is 222 g/mol. The summed E-state index contributed by atoms with van der Waals surface area (Å²) >= 11 is 4.84. The quantitative estimate of drug-likeness (QED) is 0.846. The van der Waals surface area contributed by atoms with Gasteiger partial charge in [0, 0.05) is 11.5 Å². The van der Waals surface area contributed by atoms with Crippen LogP contribution in [0.3, 0.4) is 0 Å². The maximum atomic E-state index is 8.52. The molecule has 0 aliphatic heterocycles. The Morgan fingerprint density at radius 2 is 2.50 bits per heavy atom. The Morgan fingerprint density at radius 1 is 1.70 bits per heavy atom. The smallest absolute Gasteiger partial charge is 0.0552 e. The van der Waals surface area contributed by atoms with E-state index in [9.17, 15) is 0 Å². The fraction of sp³-hybridized carbons (Fsp3) is 0.500. The molecule has 1 heterocycles. The van der Waals surface area contributed by atoms with Crippen molar-refractivity contribution in [3.63, 3.8) is 0 Å². The second kappa shape index (κ2) is 4.05. The number of aliphatic hydroxyl groups is 1. The van der Waals surface area contributed by atoms with Gasteiger partial charge in [0.2, 0.25) is 0 Å². The molecule has 0 aliphatic rings. The molecule has 1 aromatic heterocycles. The summed E-state index contributed by atoms with van der Waals surface area (Å²) in [5.41, 5.74) is 0. The summed E-state index contributed by atoms with van der Waals surface area (Å²) in [7, 11) is 0. The van der Waals surface area contributed by atoms with Gasteiger partial charge in [0.15, 0.2) is 0 Å². The molecule has 0 amide bonds. The predicted molar refractivity (Wildman–Crippen MR) is 45.2 cm³/mol. The molecule has 0 bridgehead atoms. The summed E-state index contributed by atoms with van der Waals surface area (Å²) in [5.74, 6) is 0. The topological polar surface area (TPSA) is 33.1 Å². The van der Waals surface area contributed by atoms with E-state index in [1.165, 1.54) is 16.4 Å². The summed E-state index contributed by atoms with van der Waals surface area (Å²) < 4.78 is 5.05. The van der Waals surface area contributed by atoms with Crippen molar-refractivity contribution in [1.82, 2.24) is 4.37 Å². The minimum atomic E-state index is 0.254. The van der Waals surface area contributed by atoms with Gasteiger partial charge in [-0.1, -0.05) is 0 Å². The predicted octanol–water partition coefficient (Wildman–Crippen LogP) is 1.83. The van der Waals surface area contributed by atoms with Gasteiger partial charge in [-0.05, 0) is 40.3 Å². The number of aryl methyl sites for hydroxylation is 1. The van der Waals surface area contributed by atoms with Crippen LogP contribution in [0, 0.1) is 0 Å². The number of hydrogen-bond donors (Lipinski definition) is 1. The minimum Gasteiger partial charge on any atom is -0.396 e. The highest BCUT2D eigenvalue weighted by molar-refractivity contribution is 9.10. The van der Waals surface area contributed by atoms with Gasteiger partial charge in [-0.3, -0.25) is 0 Å². The van der Waals surface area contributed by atoms with E-state index in [-0.39, 0.29) is 6.61 Å². The first-order valence-electron chi connectivity index (χ1n) is 3.04. The zero-order valence-electron chi connectivity index (χ0n) is 5.38. The number of rotatable bonds is 3. The number of halogens is 1. The van der Waals surface area contributed by atoms with Crippen LogP contribution in [0.15, 0.2) is 10.7 Å². The van der Waals surface area contributed by atoms with E-state index in [2.05, 4.69) is 20.3 Å². The average Bonchev–Trinajstić information content (AvgIpc) is 2.31. The fourth-order valence-corrected chi connectivity index (χ4v) is 1.97. The molecule has 0 aromatic carbocycles. The first-order valence-corrected chi connectivity index (χ1v) is 4.61. The third-order valence-corrected chi connectivity index (χ3v) is 2.96. The van der Waals surface area contributed by atoms with Crippen molar-refractivity contribution in [1.29, 1.82) is 0 Å². The van der Waals surface area contributed by atoms with E-state index in [0.717, 1.165) is 17.3 Å². The van der Waals surface area contributed by atoms with Crippen LogP contribution in [0.5, 0.6) is 0 Å². The molecule has 0 unspecified atom stereocenters. The maximum Gasteiger partial charge on any atom is 0.0552 e. The molecule has 0 saturated carbocycles. The van der Waals surface area contributed by atoms with Crippen LogP contribution in [-0.2, 0) is 6.42 Å². The van der Waals surface area contributed by atoms with Crippen LogP contribution in [0.2, 0.25) is 0 Å². The van der Waals surface area contributed by atoms with Crippen molar-refractivity contribution < 1.29 is 5.11 Å². The zero-order valence-corrected chi connectivity index (χ0v) is 7.78. The molecule has 0 radical (unpaired) electrons. The van der Waals surface area contributed by atoms with Crippen molar-refractivity contribution in [3.8, 4) is 0 Å². The van der Waals surface area contributed by atoms with E-state index in [4.69, 9.17) is 5.11 Å². The van der Waals surface area contributed by atoms with Crippen molar-refractivity contribution in [2.45, 2.75) is 12.8 Å². The van der Waals surface area contributed by atoms with Gasteiger partial charge in [-0.25, -0.2) is 0 Å². The van der Waals surface area contributed by atoms with Gasteiger partial charge in [0.05, 0.1) is 10.7 Å². The van der Waals surface area contributed by atoms with E-state index in [1.54, 1.807) is 6.20 Å². The number of aliphatic hydroxyl groups excluding tert-OH is 1.